The number of rotatable bonds is 3. The van der Waals surface area contributed by atoms with Gasteiger partial charge in [0.1, 0.15) is 6.33 Å². The molecule has 0 aliphatic rings. The van der Waals surface area contributed by atoms with Crippen LogP contribution in [0.2, 0.25) is 0 Å². The molecule has 0 unspecified atom stereocenters. The SMILES string of the molecule is CN(C)c1ccc(Br)cc1NC(=O)c1ncn[nH]1. The first-order valence-corrected chi connectivity index (χ1v) is 6.01. The summed E-state index contributed by atoms with van der Waals surface area (Å²) in [6.45, 7) is 0. The number of benzene rings is 1. The lowest BCUT2D eigenvalue weighted by molar-refractivity contribution is 0.101. The van der Waals surface area contributed by atoms with Crippen LogP contribution in [0.25, 0.3) is 0 Å². The van der Waals surface area contributed by atoms with Crippen molar-refractivity contribution in [3.63, 3.8) is 0 Å². The van der Waals surface area contributed by atoms with E-state index < -0.39 is 0 Å². The van der Waals surface area contributed by atoms with Gasteiger partial charge in [-0.05, 0) is 18.2 Å². The zero-order chi connectivity index (χ0) is 13.1. The predicted octanol–water partition coefficient (Wildman–Crippen LogP) is 1.89. The van der Waals surface area contributed by atoms with Crippen molar-refractivity contribution in [2.75, 3.05) is 24.3 Å². The fraction of sp³-hybridized carbons (Fsp3) is 0.182. The van der Waals surface area contributed by atoms with Gasteiger partial charge in [-0.25, -0.2) is 4.98 Å². The lowest BCUT2D eigenvalue weighted by atomic mass is 10.2. The van der Waals surface area contributed by atoms with Crippen LogP contribution in [0.1, 0.15) is 10.6 Å². The van der Waals surface area contributed by atoms with E-state index in [1.165, 1.54) is 6.33 Å². The number of anilines is 2. The van der Waals surface area contributed by atoms with Crippen molar-refractivity contribution >= 4 is 33.2 Å². The second-order valence-corrected chi connectivity index (χ2v) is 4.76. The Morgan fingerprint density at radius 3 is 2.83 bits per heavy atom. The number of amides is 1. The highest BCUT2D eigenvalue weighted by molar-refractivity contribution is 9.10. The van der Waals surface area contributed by atoms with Gasteiger partial charge in [-0.3, -0.25) is 9.89 Å². The van der Waals surface area contributed by atoms with Gasteiger partial charge in [0.2, 0.25) is 5.82 Å². The average molecular weight is 310 g/mol. The van der Waals surface area contributed by atoms with Gasteiger partial charge >= 0.3 is 0 Å². The van der Waals surface area contributed by atoms with Crippen molar-refractivity contribution in [1.29, 1.82) is 0 Å². The molecule has 0 spiro atoms. The standard InChI is InChI=1S/C11H12BrN5O/c1-17(2)9-4-3-7(12)5-8(9)15-11(18)10-13-6-14-16-10/h3-6H,1-2H3,(H,15,18)(H,13,14,16). The summed E-state index contributed by atoms with van der Waals surface area (Å²) in [6, 6.07) is 5.67. The van der Waals surface area contributed by atoms with E-state index in [4.69, 9.17) is 0 Å². The highest BCUT2D eigenvalue weighted by Crippen LogP contribution is 2.28. The van der Waals surface area contributed by atoms with Gasteiger partial charge < -0.3 is 10.2 Å². The van der Waals surface area contributed by atoms with Crippen molar-refractivity contribution in [1.82, 2.24) is 15.2 Å². The highest BCUT2D eigenvalue weighted by atomic mass is 79.9. The number of H-pyrrole nitrogens is 1. The van der Waals surface area contributed by atoms with Crippen LogP contribution in [0.15, 0.2) is 29.0 Å². The number of aromatic amines is 1. The Balaban J connectivity index is 2.28. The Morgan fingerprint density at radius 2 is 2.22 bits per heavy atom. The summed E-state index contributed by atoms with van der Waals surface area (Å²) >= 11 is 3.38. The van der Waals surface area contributed by atoms with Gasteiger partial charge in [0.05, 0.1) is 11.4 Å². The van der Waals surface area contributed by atoms with E-state index in [1.807, 2.05) is 37.2 Å². The molecule has 0 radical (unpaired) electrons. The molecule has 2 rings (SSSR count). The molecule has 18 heavy (non-hydrogen) atoms. The third-order valence-corrected chi connectivity index (χ3v) is 2.81. The number of aromatic nitrogens is 3. The normalized spacial score (nSPS) is 10.2. The lowest BCUT2D eigenvalue weighted by Gasteiger charge is -2.17. The maximum absolute atomic E-state index is 11.9. The van der Waals surface area contributed by atoms with Crippen LogP contribution >= 0.6 is 15.9 Å². The molecule has 0 saturated heterocycles. The fourth-order valence-electron chi connectivity index (χ4n) is 1.49. The molecule has 94 valence electrons. The minimum Gasteiger partial charge on any atom is -0.376 e. The molecule has 1 amide bonds. The van der Waals surface area contributed by atoms with Crippen LogP contribution in [0.5, 0.6) is 0 Å². The molecule has 0 fully saturated rings. The van der Waals surface area contributed by atoms with Gasteiger partial charge in [-0.2, -0.15) is 5.10 Å². The zero-order valence-corrected chi connectivity index (χ0v) is 11.5. The topological polar surface area (TPSA) is 73.9 Å². The molecule has 0 atom stereocenters. The summed E-state index contributed by atoms with van der Waals surface area (Å²) in [5.74, 6) is -0.145. The first-order chi connectivity index (χ1) is 8.58. The van der Waals surface area contributed by atoms with Gasteiger partial charge in [0.25, 0.3) is 5.91 Å². The molecule has 0 aliphatic carbocycles. The van der Waals surface area contributed by atoms with E-state index in [1.54, 1.807) is 0 Å². The van der Waals surface area contributed by atoms with Gasteiger partial charge in [-0.15, -0.1) is 0 Å². The summed E-state index contributed by atoms with van der Waals surface area (Å²) in [5, 5.41) is 8.96. The third kappa shape index (κ3) is 2.67. The van der Waals surface area contributed by atoms with E-state index in [0.717, 1.165) is 10.2 Å². The molecule has 0 bridgehead atoms. The minimum atomic E-state index is -0.325. The predicted molar refractivity (Wildman–Crippen MR) is 72.8 cm³/mol. The maximum atomic E-state index is 11.9. The molecular formula is C11H12BrN5O. The molecule has 1 aromatic carbocycles. The van der Waals surface area contributed by atoms with Crippen LogP contribution in [-0.4, -0.2) is 35.2 Å². The maximum Gasteiger partial charge on any atom is 0.293 e. The molecule has 0 aliphatic heterocycles. The molecule has 6 nitrogen and oxygen atoms in total. The van der Waals surface area contributed by atoms with Crippen LogP contribution < -0.4 is 10.2 Å². The van der Waals surface area contributed by atoms with Crippen LogP contribution in [0, 0.1) is 0 Å². The highest BCUT2D eigenvalue weighted by Gasteiger charge is 2.12. The molecule has 0 saturated carbocycles. The fourth-order valence-corrected chi connectivity index (χ4v) is 1.86. The Kier molecular flexibility index (Phi) is 3.61. The molecule has 2 aromatic rings. The van der Waals surface area contributed by atoms with E-state index in [0.29, 0.717) is 5.69 Å². The van der Waals surface area contributed by atoms with Crippen molar-refractivity contribution in [2.45, 2.75) is 0 Å². The molecule has 1 heterocycles. The largest absolute Gasteiger partial charge is 0.376 e. The third-order valence-electron chi connectivity index (χ3n) is 2.32. The van der Waals surface area contributed by atoms with E-state index >= 15 is 0 Å². The van der Waals surface area contributed by atoms with Crippen LogP contribution in [0.4, 0.5) is 11.4 Å². The summed E-state index contributed by atoms with van der Waals surface area (Å²) < 4.78 is 0.890. The summed E-state index contributed by atoms with van der Waals surface area (Å²) in [4.78, 5) is 17.6. The number of carbonyl (C=O) groups is 1. The molecule has 2 N–H and O–H groups in total. The Hall–Kier alpha value is -1.89. The molecule has 7 heteroatoms. The Morgan fingerprint density at radius 1 is 1.44 bits per heavy atom. The van der Waals surface area contributed by atoms with E-state index in [2.05, 4.69) is 36.4 Å². The number of hydrogen-bond acceptors (Lipinski definition) is 4. The number of nitrogens with zero attached hydrogens (tertiary/aromatic N) is 3. The minimum absolute atomic E-state index is 0.180. The van der Waals surface area contributed by atoms with Crippen molar-refractivity contribution < 1.29 is 4.79 Å². The van der Waals surface area contributed by atoms with Gasteiger partial charge in [0, 0.05) is 18.6 Å². The quantitative estimate of drug-likeness (QED) is 0.908. The number of hydrogen-bond donors (Lipinski definition) is 2. The molecule has 1 aromatic heterocycles. The first kappa shape index (κ1) is 12.6. The second kappa shape index (κ2) is 5.18. The number of halogens is 1. The van der Waals surface area contributed by atoms with Crippen LogP contribution in [-0.2, 0) is 0 Å². The summed E-state index contributed by atoms with van der Waals surface area (Å²) in [5.41, 5.74) is 1.61. The Labute approximate surface area is 113 Å². The van der Waals surface area contributed by atoms with Crippen LogP contribution in [0.3, 0.4) is 0 Å². The smallest absolute Gasteiger partial charge is 0.293 e. The van der Waals surface area contributed by atoms with Gasteiger partial charge in [-0.1, -0.05) is 15.9 Å². The second-order valence-electron chi connectivity index (χ2n) is 3.84. The van der Waals surface area contributed by atoms with Crippen molar-refractivity contribution in [3.8, 4) is 0 Å². The average Bonchev–Trinajstić information content (AvgIpc) is 2.81. The molecular weight excluding hydrogens is 298 g/mol. The number of carbonyl (C=O) groups excluding carboxylic acids is 1. The van der Waals surface area contributed by atoms with Crippen molar-refractivity contribution in [2.24, 2.45) is 0 Å². The lowest BCUT2D eigenvalue weighted by Crippen LogP contribution is -2.17. The van der Waals surface area contributed by atoms with E-state index in [-0.39, 0.29) is 11.7 Å². The monoisotopic (exact) mass is 309 g/mol. The first-order valence-electron chi connectivity index (χ1n) is 5.21. The summed E-state index contributed by atoms with van der Waals surface area (Å²) in [7, 11) is 3.82. The number of nitrogens with one attached hydrogen (secondary N) is 2. The summed E-state index contributed by atoms with van der Waals surface area (Å²) in [6.07, 6.45) is 1.29. The van der Waals surface area contributed by atoms with Crippen molar-refractivity contribution in [3.05, 3.63) is 34.8 Å². The van der Waals surface area contributed by atoms with E-state index in [9.17, 15) is 4.79 Å². The Bertz CT molecular complexity index is 553. The zero-order valence-electron chi connectivity index (χ0n) is 9.94. The van der Waals surface area contributed by atoms with Gasteiger partial charge in [0.15, 0.2) is 0 Å².